The van der Waals surface area contributed by atoms with Gasteiger partial charge >= 0.3 is 0 Å². The maximum atomic E-state index is 5.38. The monoisotopic (exact) mass is 191 g/mol. The molecule has 77 valence electrons. The van der Waals surface area contributed by atoms with Gasteiger partial charge in [0, 0.05) is 0 Å². The van der Waals surface area contributed by atoms with Crippen molar-refractivity contribution in [1.82, 2.24) is 0 Å². The zero-order chi connectivity index (χ0) is 10.7. The molecule has 1 rings (SSSR count). The minimum atomic E-state index is 0.510. The summed E-state index contributed by atoms with van der Waals surface area (Å²) < 4.78 is 5.38. The van der Waals surface area contributed by atoms with Crippen molar-refractivity contribution in [3.8, 4) is 5.75 Å². The highest BCUT2D eigenvalue weighted by atomic mass is 16.5. The molecule has 1 heteroatoms. The summed E-state index contributed by atoms with van der Waals surface area (Å²) in [6, 6.07) is 6.43. The van der Waals surface area contributed by atoms with Gasteiger partial charge in [-0.15, -0.1) is 0 Å². The van der Waals surface area contributed by atoms with Gasteiger partial charge in [0.25, 0.3) is 0 Å². The number of methoxy groups -OCH3 is 1. The number of hydrogen-bond donors (Lipinski definition) is 0. The Bertz CT molecular complexity index is 300. The second kappa shape index (κ2) is 4.50. The van der Waals surface area contributed by atoms with Gasteiger partial charge in [0.2, 0.25) is 0 Å². The molecular formula is C13H19O. The Kier molecular flexibility index (Phi) is 3.56. The van der Waals surface area contributed by atoms with E-state index in [0.717, 1.165) is 5.75 Å². The zero-order valence-corrected chi connectivity index (χ0v) is 9.72. The lowest BCUT2D eigenvalue weighted by Gasteiger charge is -2.14. The Morgan fingerprint density at radius 1 is 1.21 bits per heavy atom. The Balaban J connectivity index is 3.11. The topological polar surface area (TPSA) is 9.23 Å². The third-order valence-electron chi connectivity index (χ3n) is 2.43. The summed E-state index contributed by atoms with van der Waals surface area (Å²) in [6.45, 7) is 8.59. The predicted octanol–water partition coefficient (Wildman–Crippen LogP) is 3.78. The van der Waals surface area contributed by atoms with E-state index in [0.29, 0.717) is 5.92 Å². The van der Waals surface area contributed by atoms with Crippen molar-refractivity contribution in [3.63, 3.8) is 0 Å². The first-order valence-corrected chi connectivity index (χ1v) is 5.04. The largest absolute Gasteiger partial charge is 0.496 e. The van der Waals surface area contributed by atoms with E-state index in [-0.39, 0.29) is 0 Å². The first-order chi connectivity index (χ1) is 6.56. The summed E-state index contributed by atoms with van der Waals surface area (Å²) in [5, 5.41) is 0. The molecule has 0 N–H and O–H groups in total. The normalized spacial score (nSPS) is 11.1. The molecule has 14 heavy (non-hydrogen) atoms. The standard InChI is InChI=1S/C13H19O/c1-9(2)11-6-7-12(10(3)4)13(8-11)14-5/h6-8,10H,1-5H3. The lowest BCUT2D eigenvalue weighted by Crippen LogP contribution is -1.97. The molecule has 1 aromatic rings. The highest BCUT2D eigenvalue weighted by Crippen LogP contribution is 2.29. The molecule has 0 atom stereocenters. The Labute approximate surface area is 87.1 Å². The van der Waals surface area contributed by atoms with Gasteiger partial charge in [0.15, 0.2) is 0 Å². The predicted molar refractivity (Wildman–Crippen MR) is 60.8 cm³/mol. The molecule has 0 aliphatic rings. The van der Waals surface area contributed by atoms with Crippen LogP contribution in [0.2, 0.25) is 0 Å². The highest BCUT2D eigenvalue weighted by molar-refractivity contribution is 5.43. The Morgan fingerprint density at radius 2 is 1.86 bits per heavy atom. The van der Waals surface area contributed by atoms with E-state index in [1.54, 1.807) is 7.11 Å². The van der Waals surface area contributed by atoms with Crippen LogP contribution in [0.15, 0.2) is 18.2 Å². The molecule has 1 aromatic carbocycles. The van der Waals surface area contributed by atoms with Crippen LogP contribution in [0.4, 0.5) is 0 Å². The van der Waals surface area contributed by atoms with Crippen LogP contribution < -0.4 is 4.74 Å². The fraction of sp³-hybridized carbons (Fsp3) is 0.462. The summed E-state index contributed by atoms with van der Waals surface area (Å²) in [5.74, 6) is 2.83. The smallest absolute Gasteiger partial charge is 0.122 e. The minimum Gasteiger partial charge on any atom is -0.496 e. The second-order valence-electron chi connectivity index (χ2n) is 4.11. The van der Waals surface area contributed by atoms with Crippen LogP contribution in [0.25, 0.3) is 0 Å². The molecule has 0 aliphatic heterocycles. The van der Waals surface area contributed by atoms with Gasteiger partial charge in [-0.2, -0.15) is 0 Å². The van der Waals surface area contributed by atoms with Crippen molar-refractivity contribution < 1.29 is 4.74 Å². The van der Waals surface area contributed by atoms with Crippen LogP contribution in [0.5, 0.6) is 5.75 Å². The fourth-order valence-corrected chi connectivity index (χ4v) is 1.50. The molecule has 0 fully saturated rings. The fourth-order valence-electron chi connectivity index (χ4n) is 1.50. The summed E-state index contributed by atoms with van der Waals surface area (Å²) in [4.78, 5) is 0. The lowest BCUT2D eigenvalue weighted by molar-refractivity contribution is 0.407. The third-order valence-corrected chi connectivity index (χ3v) is 2.43. The van der Waals surface area contributed by atoms with Crippen LogP contribution >= 0.6 is 0 Å². The SMILES string of the molecule is COc1cc([C](C)C)ccc1C(C)C. The summed E-state index contributed by atoms with van der Waals surface area (Å²) in [6.07, 6.45) is 0. The van der Waals surface area contributed by atoms with E-state index >= 15 is 0 Å². The van der Waals surface area contributed by atoms with E-state index in [1.807, 2.05) is 0 Å². The van der Waals surface area contributed by atoms with Crippen molar-refractivity contribution in [2.45, 2.75) is 33.6 Å². The molecule has 0 aromatic heterocycles. The maximum Gasteiger partial charge on any atom is 0.122 e. The van der Waals surface area contributed by atoms with Crippen molar-refractivity contribution in [2.24, 2.45) is 0 Å². The lowest BCUT2D eigenvalue weighted by atomic mass is 9.96. The molecule has 0 aliphatic carbocycles. The average Bonchev–Trinajstić information content (AvgIpc) is 2.16. The van der Waals surface area contributed by atoms with E-state index in [1.165, 1.54) is 17.0 Å². The Morgan fingerprint density at radius 3 is 2.29 bits per heavy atom. The molecule has 0 heterocycles. The third kappa shape index (κ3) is 2.28. The molecular weight excluding hydrogens is 172 g/mol. The van der Waals surface area contributed by atoms with Gasteiger partial charge in [-0.05, 0) is 29.0 Å². The van der Waals surface area contributed by atoms with E-state index < -0.39 is 0 Å². The summed E-state index contributed by atoms with van der Waals surface area (Å²) in [5.41, 5.74) is 2.53. The van der Waals surface area contributed by atoms with E-state index in [2.05, 4.69) is 45.9 Å². The Hall–Kier alpha value is -0.980. The van der Waals surface area contributed by atoms with Crippen molar-refractivity contribution in [1.29, 1.82) is 0 Å². The summed E-state index contributed by atoms with van der Waals surface area (Å²) >= 11 is 0. The molecule has 1 radical (unpaired) electrons. The molecule has 0 spiro atoms. The van der Waals surface area contributed by atoms with E-state index in [9.17, 15) is 0 Å². The van der Waals surface area contributed by atoms with Crippen molar-refractivity contribution in [2.75, 3.05) is 7.11 Å². The van der Waals surface area contributed by atoms with Gasteiger partial charge in [-0.3, -0.25) is 0 Å². The zero-order valence-electron chi connectivity index (χ0n) is 9.72. The number of rotatable bonds is 3. The van der Waals surface area contributed by atoms with Crippen LogP contribution in [0, 0.1) is 5.92 Å². The van der Waals surface area contributed by atoms with Crippen molar-refractivity contribution >= 4 is 0 Å². The quantitative estimate of drug-likeness (QED) is 0.706. The van der Waals surface area contributed by atoms with Gasteiger partial charge in [-0.25, -0.2) is 0 Å². The first-order valence-electron chi connectivity index (χ1n) is 5.04. The van der Waals surface area contributed by atoms with E-state index in [4.69, 9.17) is 4.74 Å². The minimum absolute atomic E-state index is 0.510. The summed E-state index contributed by atoms with van der Waals surface area (Å²) in [7, 11) is 1.73. The van der Waals surface area contributed by atoms with Gasteiger partial charge in [0.05, 0.1) is 7.11 Å². The highest BCUT2D eigenvalue weighted by Gasteiger charge is 2.09. The first kappa shape index (κ1) is 11.1. The molecule has 0 bridgehead atoms. The van der Waals surface area contributed by atoms with Gasteiger partial charge < -0.3 is 4.74 Å². The maximum absolute atomic E-state index is 5.38. The molecule has 0 saturated carbocycles. The van der Waals surface area contributed by atoms with Crippen LogP contribution in [0.1, 0.15) is 44.7 Å². The van der Waals surface area contributed by atoms with Gasteiger partial charge in [-0.1, -0.05) is 39.8 Å². The van der Waals surface area contributed by atoms with Crippen LogP contribution in [-0.2, 0) is 0 Å². The average molecular weight is 191 g/mol. The second-order valence-corrected chi connectivity index (χ2v) is 4.11. The van der Waals surface area contributed by atoms with Crippen LogP contribution in [0.3, 0.4) is 0 Å². The molecule has 0 unspecified atom stereocenters. The number of ether oxygens (including phenoxy) is 1. The molecule has 0 amide bonds. The van der Waals surface area contributed by atoms with Crippen molar-refractivity contribution in [3.05, 3.63) is 35.2 Å². The van der Waals surface area contributed by atoms with Gasteiger partial charge in [0.1, 0.15) is 5.75 Å². The number of hydrogen-bond acceptors (Lipinski definition) is 1. The molecule has 0 saturated heterocycles. The number of benzene rings is 1. The molecule has 1 nitrogen and oxygen atoms in total. The van der Waals surface area contributed by atoms with Crippen LogP contribution in [-0.4, -0.2) is 7.11 Å².